The van der Waals surface area contributed by atoms with Crippen LogP contribution in [0.1, 0.15) is 25.6 Å². The Labute approximate surface area is 97.3 Å². The van der Waals surface area contributed by atoms with Crippen molar-refractivity contribution in [3.8, 4) is 0 Å². The predicted octanol–water partition coefficient (Wildman–Crippen LogP) is 2.57. The molecule has 1 aromatic heterocycles. The van der Waals surface area contributed by atoms with Gasteiger partial charge in [-0.3, -0.25) is 4.90 Å². The van der Waals surface area contributed by atoms with Gasteiger partial charge in [0.05, 0.1) is 0 Å². The first kappa shape index (κ1) is 12.7. The first-order valence-electron chi connectivity index (χ1n) is 5.75. The summed E-state index contributed by atoms with van der Waals surface area (Å²) in [5, 5.41) is 5.56. The Kier molecular flexibility index (Phi) is 5.91. The third-order valence-electron chi connectivity index (χ3n) is 2.66. The average Bonchev–Trinajstić information content (AvgIpc) is 2.75. The van der Waals surface area contributed by atoms with Gasteiger partial charge >= 0.3 is 0 Å². The van der Waals surface area contributed by atoms with Gasteiger partial charge < -0.3 is 5.32 Å². The fourth-order valence-corrected chi connectivity index (χ4v) is 2.39. The van der Waals surface area contributed by atoms with E-state index in [-0.39, 0.29) is 0 Å². The fraction of sp³-hybridized carbons (Fsp3) is 0.667. The summed E-state index contributed by atoms with van der Waals surface area (Å²) in [6.45, 7) is 11.0. The second kappa shape index (κ2) is 6.99. The fourth-order valence-electron chi connectivity index (χ4n) is 1.66. The van der Waals surface area contributed by atoms with E-state index in [2.05, 4.69) is 48.5 Å². The molecule has 0 aromatic carbocycles. The van der Waals surface area contributed by atoms with Crippen LogP contribution in [0.3, 0.4) is 0 Å². The van der Waals surface area contributed by atoms with E-state index in [0.29, 0.717) is 6.04 Å². The van der Waals surface area contributed by atoms with Crippen molar-refractivity contribution < 1.29 is 0 Å². The molecule has 1 rings (SSSR count). The third-order valence-corrected chi connectivity index (χ3v) is 3.52. The van der Waals surface area contributed by atoms with Crippen LogP contribution in [0, 0.1) is 0 Å². The minimum Gasteiger partial charge on any atom is -0.315 e. The Morgan fingerprint density at radius 2 is 2.27 bits per heavy atom. The van der Waals surface area contributed by atoms with Crippen LogP contribution in [-0.4, -0.2) is 30.6 Å². The van der Waals surface area contributed by atoms with E-state index >= 15 is 0 Å². The first-order valence-corrected chi connectivity index (χ1v) is 6.63. The maximum Gasteiger partial charge on any atom is 0.0331 e. The normalized spacial score (nSPS) is 13.3. The largest absolute Gasteiger partial charge is 0.315 e. The molecule has 1 aromatic rings. The Morgan fingerprint density at radius 3 is 2.80 bits per heavy atom. The maximum atomic E-state index is 3.40. The number of hydrogen-bond acceptors (Lipinski definition) is 3. The zero-order valence-electron chi connectivity index (χ0n) is 9.99. The molecule has 15 heavy (non-hydrogen) atoms. The zero-order chi connectivity index (χ0) is 11.1. The van der Waals surface area contributed by atoms with E-state index < -0.39 is 0 Å². The Hall–Kier alpha value is -0.380. The van der Waals surface area contributed by atoms with Crippen molar-refractivity contribution in [1.82, 2.24) is 10.2 Å². The molecule has 1 unspecified atom stereocenters. The van der Waals surface area contributed by atoms with E-state index in [4.69, 9.17) is 0 Å². The standard InChI is InChI=1S/C12H22N2S/c1-4-13-9-11(3)14(5-2)10-12-7-6-8-15-12/h6-8,11,13H,4-5,9-10H2,1-3H3. The molecular weight excluding hydrogens is 204 g/mol. The molecule has 0 aliphatic heterocycles. The van der Waals surface area contributed by atoms with Gasteiger partial charge in [0.25, 0.3) is 0 Å². The third kappa shape index (κ3) is 4.33. The van der Waals surface area contributed by atoms with Crippen LogP contribution in [0.5, 0.6) is 0 Å². The lowest BCUT2D eigenvalue weighted by molar-refractivity contribution is 0.209. The van der Waals surface area contributed by atoms with Crippen LogP contribution in [0.25, 0.3) is 0 Å². The van der Waals surface area contributed by atoms with Crippen LogP contribution in [-0.2, 0) is 6.54 Å². The van der Waals surface area contributed by atoms with Crippen molar-refractivity contribution >= 4 is 11.3 Å². The Balaban J connectivity index is 2.40. The first-order chi connectivity index (χ1) is 7.27. The SMILES string of the molecule is CCNCC(C)N(CC)Cc1cccs1. The van der Waals surface area contributed by atoms with Gasteiger partial charge in [0.1, 0.15) is 0 Å². The van der Waals surface area contributed by atoms with Gasteiger partial charge in [-0.2, -0.15) is 0 Å². The summed E-state index contributed by atoms with van der Waals surface area (Å²) < 4.78 is 0. The molecule has 0 aliphatic rings. The highest BCUT2D eigenvalue weighted by molar-refractivity contribution is 7.09. The summed E-state index contributed by atoms with van der Waals surface area (Å²) in [4.78, 5) is 3.97. The van der Waals surface area contributed by atoms with E-state index in [1.54, 1.807) is 0 Å². The highest BCUT2D eigenvalue weighted by atomic mass is 32.1. The van der Waals surface area contributed by atoms with Crippen molar-refractivity contribution in [2.24, 2.45) is 0 Å². The van der Waals surface area contributed by atoms with Crippen molar-refractivity contribution in [1.29, 1.82) is 0 Å². The molecule has 0 amide bonds. The van der Waals surface area contributed by atoms with E-state index in [1.807, 2.05) is 11.3 Å². The molecule has 1 atom stereocenters. The Morgan fingerprint density at radius 1 is 1.47 bits per heavy atom. The molecule has 86 valence electrons. The zero-order valence-corrected chi connectivity index (χ0v) is 10.8. The maximum absolute atomic E-state index is 3.40. The lowest BCUT2D eigenvalue weighted by atomic mass is 10.2. The summed E-state index contributed by atoms with van der Waals surface area (Å²) in [6, 6.07) is 4.95. The number of hydrogen-bond donors (Lipinski definition) is 1. The average molecular weight is 226 g/mol. The van der Waals surface area contributed by atoms with Crippen molar-refractivity contribution in [3.05, 3.63) is 22.4 Å². The lowest BCUT2D eigenvalue weighted by Gasteiger charge is -2.27. The van der Waals surface area contributed by atoms with Crippen molar-refractivity contribution in [3.63, 3.8) is 0 Å². The summed E-state index contributed by atoms with van der Waals surface area (Å²) in [7, 11) is 0. The number of rotatable bonds is 7. The van der Waals surface area contributed by atoms with Crippen LogP contribution in [0.4, 0.5) is 0 Å². The Bertz CT molecular complexity index is 246. The molecule has 0 bridgehead atoms. The smallest absolute Gasteiger partial charge is 0.0331 e. The van der Waals surface area contributed by atoms with Crippen molar-refractivity contribution in [2.75, 3.05) is 19.6 Å². The minimum atomic E-state index is 0.608. The molecule has 3 heteroatoms. The number of likely N-dealkylation sites (N-methyl/N-ethyl adjacent to an activating group) is 2. The van der Waals surface area contributed by atoms with Gasteiger partial charge in [-0.15, -0.1) is 11.3 Å². The quantitative estimate of drug-likeness (QED) is 0.769. The molecule has 2 nitrogen and oxygen atoms in total. The van der Waals surface area contributed by atoms with E-state index in [1.165, 1.54) is 4.88 Å². The molecule has 1 N–H and O–H groups in total. The van der Waals surface area contributed by atoms with E-state index in [9.17, 15) is 0 Å². The van der Waals surface area contributed by atoms with Gasteiger partial charge in [0.15, 0.2) is 0 Å². The second-order valence-electron chi connectivity index (χ2n) is 3.80. The summed E-state index contributed by atoms with van der Waals surface area (Å²) in [6.07, 6.45) is 0. The van der Waals surface area contributed by atoms with Crippen LogP contribution in [0.2, 0.25) is 0 Å². The summed E-state index contributed by atoms with van der Waals surface area (Å²) >= 11 is 1.85. The van der Waals surface area contributed by atoms with Crippen LogP contribution >= 0.6 is 11.3 Å². The molecule has 0 fully saturated rings. The highest BCUT2D eigenvalue weighted by Gasteiger charge is 2.11. The van der Waals surface area contributed by atoms with Gasteiger partial charge in [0.2, 0.25) is 0 Å². The van der Waals surface area contributed by atoms with Gasteiger partial charge in [-0.05, 0) is 31.5 Å². The topological polar surface area (TPSA) is 15.3 Å². The van der Waals surface area contributed by atoms with E-state index in [0.717, 1.165) is 26.2 Å². The molecule has 0 radical (unpaired) electrons. The van der Waals surface area contributed by atoms with Gasteiger partial charge in [0, 0.05) is 24.0 Å². The monoisotopic (exact) mass is 226 g/mol. The second-order valence-corrected chi connectivity index (χ2v) is 4.83. The lowest BCUT2D eigenvalue weighted by Crippen LogP contribution is -2.39. The number of nitrogens with one attached hydrogen (secondary N) is 1. The van der Waals surface area contributed by atoms with Gasteiger partial charge in [-0.1, -0.05) is 19.9 Å². The van der Waals surface area contributed by atoms with Crippen LogP contribution in [0.15, 0.2) is 17.5 Å². The van der Waals surface area contributed by atoms with Gasteiger partial charge in [-0.25, -0.2) is 0 Å². The van der Waals surface area contributed by atoms with Crippen molar-refractivity contribution in [2.45, 2.75) is 33.4 Å². The molecule has 0 saturated carbocycles. The predicted molar refractivity (Wildman–Crippen MR) is 68.4 cm³/mol. The number of thiophene rings is 1. The molecule has 0 saturated heterocycles. The summed E-state index contributed by atoms with van der Waals surface area (Å²) in [5.41, 5.74) is 0. The summed E-state index contributed by atoms with van der Waals surface area (Å²) in [5.74, 6) is 0. The number of nitrogens with zero attached hydrogens (tertiary/aromatic N) is 1. The molecule has 1 heterocycles. The molecule has 0 spiro atoms. The molecular formula is C12H22N2S. The minimum absolute atomic E-state index is 0.608. The highest BCUT2D eigenvalue weighted by Crippen LogP contribution is 2.13. The van der Waals surface area contributed by atoms with Crippen LogP contribution < -0.4 is 5.32 Å². The molecule has 0 aliphatic carbocycles.